The van der Waals surface area contributed by atoms with E-state index >= 15 is 0 Å². The lowest BCUT2D eigenvalue weighted by molar-refractivity contribution is 0.532. The van der Waals surface area contributed by atoms with Gasteiger partial charge in [0, 0.05) is 13.0 Å². The van der Waals surface area contributed by atoms with Crippen LogP contribution in [0, 0.1) is 0 Å². The minimum absolute atomic E-state index is 0.0463. The monoisotopic (exact) mass is 310 g/mol. The molecule has 1 aliphatic heterocycles. The van der Waals surface area contributed by atoms with Gasteiger partial charge in [0.05, 0.1) is 18.6 Å². The quantitative estimate of drug-likeness (QED) is 0.867. The first-order chi connectivity index (χ1) is 10.1. The molecule has 0 amide bonds. The van der Waals surface area contributed by atoms with Gasteiger partial charge in [-0.2, -0.15) is 4.72 Å². The van der Waals surface area contributed by atoms with Crippen LogP contribution in [0.15, 0.2) is 17.6 Å². The Bertz CT molecular complexity index is 706. The van der Waals surface area contributed by atoms with Crippen molar-refractivity contribution in [1.29, 1.82) is 0 Å². The van der Waals surface area contributed by atoms with Gasteiger partial charge in [0.2, 0.25) is 0 Å². The van der Waals surface area contributed by atoms with Crippen LogP contribution in [0.3, 0.4) is 0 Å². The largest absolute Gasteiger partial charge is 0.335 e. The number of imidazole rings is 1. The standard InChI is InChI=1S/C12H18N6O2S/c1-9(17-21(19,20)11-7-13-8-14-11)12-16-15-10-5-3-2-4-6-18(10)12/h7-9,17H,2-6H2,1H3,(H,13,14). The summed E-state index contributed by atoms with van der Waals surface area (Å²) in [6.45, 7) is 2.61. The average molecular weight is 310 g/mol. The van der Waals surface area contributed by atoms with E-state index < -0.39 is 16.1 Å². The Hall–Kier alpha value is -1.74. The molecule has 0 aromatic carbocycles. The number of aromatic amines is 1. The van der Waals surface area contributed by atoms with E-state index in [2.05, 4.69) is 24.9 Å². The zero-order valence-electron chi connectivity index (χ0n) is 11.8. The Morgan fingerprint density at radius 1 is 1.33 bits per heavy atom. The van der Waals surface area contributed by atoms with Gasteiger partial charge in [-0.15, -0.1) is 10.2 Å². The lowest BCUT2D eigenvalue weighted by Crippen LogP contribution is -2.29. The highest BCUT2D eigenvalue weighted by molar-refractivity contribution is 7.89. The van der Waals surface area contributed by atoms with Crippen molar-refractivity contribution in [2.24, 2.45) is 0 Å². The molecule has 0 aliphatic carbocycles. The highest BCUT2D eigenvalue weighted by Gasteiger charge is 2.24. The van der Waals surface area contributed by atoms with E-state index in [1.807, 2.05) is 4.57 Å². The topological polar surface area (TPSA) is 106 Å². The summed E-state index contributed by atoms with van der Waals surface area (Å²) in [4.78, 5) is 6.33. The lowest BCUT2D eigenvalue weighted by Gasteiger charge is -2.14. The number of nitrogens with zero attached hydrogens (tertiary/aromatic N) is 4. The molecule has 114 valence electrons. The van der Waals surface area contributed by atoms with Crippen molar-refractivity contribution in [3.63, 3.8) is 0 Å². The van der Waals surface area contributed by atoms with Gasteiger partial charge in [0.25, 0.3) is 10.0 Å². The number of aromatic nitrogens is 5. The van der Waals surface area contributed by atoms with E-state index in [0.717, 1.165) is 38.1 Å². The molecule has 0 fully saturated rings. The van der Waals surface area contributed by atoms with E-state index in [1.165, 1.54) is 12.5 Å². The molecule has 9 heteroatoms. The lowest BCUT2D eigenvalue weighted by atomic mass is 10.2. The van der Waals surface area contributed by atoms with Gasteiger partial charge in [0.15, 0.2) is 10.9 Å². The van der Waals surface area contributed by atoms with Gasteiger partial charge in [-0.25, -0.2) is 13.4 Å². The van der Waals surface area contributed by atoms with Crippen LogP contribution in [0.25, 0.3) is 0 Å². The molecule has 1 aliphatic rings. The van der Waals surface area contributed by atoms with E-state index in [4.69, 9.17) is 0 Å². The third-order valence-electron chi connectivity index (χ3n) is 3.62. The van der Waals surface area contributed by atoms with E-state index in [9.17, 15) is 8.42 Å². The number of rotatable bonds is 4. The molecule has 0 radical (unpaired) electrons. The maximum absolute atomic E-state index is 12.2. The Kier molecular flexibility index (Phi) is 3.77. The van der Waals surface area contributed by atoms with Crippen LogP contribution in [0.5, 0.6) is 0 Å². The fourth-order valence-corrected chi connectivity index (χ4v) is 3.67. The summed E-state index contributed by atoms with van der Waals surface area (Å²) in [6, 6.07) is -0.447. The maximum Gasteiger partial charge on any atom is 0.258 e. The highest BCUT2D eigenvalue weighted by Crippen LogP contribution is 2.19. The van der Waals surface area contributed by atoms with Crippen molar-refractivity contribution in [2.75, 3.05) is 0 Å². The molecule has 21 heavy (non-hydrogen) atoms. The van der Waals surface area contributed by atoms with Crippen LogP contribution >= 0.6 is 0 Å². The van der Waals surface area contributed by atoms with Crippen LogP contribution in [0.2, 0.25) is 0 Å². The number of nitrogens with one attached hydrogen (secondary N) is 2. The number of hydrogen-bond acceptors (Lipinski definition) is 5. The molecule has 0 saturated carbocycles. The number of aryl methyl sites for hydroxylation is 1. The second-order valence-electron chi connectivity index (χ2n) is 5.20. The molecular formula is C12H18N6O2S. The molecule has 1 unspecified atom stereocenters. The van der Waals surface area contributed by atoms with Gasteiger partial charge in [0.1, 0.15) is 5.82 Å². The summed E-state index contributed by atoms with van der Waals surface area (Å²) in [7, 11) is -3.63. The molecule has 0 saturated heterocycles. The van der Waals surface area contributed by atoms with Crippen molar-refractivity contribution in [3.8, 4) is 0 Å². The van der Waals surface area contributed by atoms with Crippen molar-refractivity contribution >= 4 is 10.0 Å². The molecular weight excluding hydrogens is 292 g/mol. The first-order valence-electron chi connectivity index (χ1n) is 7.00. The third kappa shape index (κ3) is 2.84. The second kappa shape index (κ2) is 5.57. The molecule has 0 bridgehead atoms. The van der Waals surface area contributed by atoms with Crippen LogP contribution in [0.4, 0.5) is 0 Å². The summed E-state index contributed by atoms with van der Waals surface area (Å²) in [5, 5.41) is 8.40. The molecule has 0 spiro atoms. The van der Waals surface area contributed by atoms with Gasteiger partial charge in [-0.3, -0.25) is 0 Å². The SMILES string of the molecule is CC(NS(=O)(=O)c1cnc[nH]1)c1nnc2n1CCCCC2. The summed E-state index contributed by atoms with van der Waals surface area (Å²) in [5.74, 6) is 1.60. The van der Waals surface area contributed by atoms with Gasteiger partial charge in [-0.1, -0.05) is 6.42 Å². The molecule has 1 atom stereocenters. The Morgan fingerprint density at radius 3 is 2.95 bits per heavy atom. The predicted molar refractivity (Wildman–Crippen MR) is 74.9 cm³/mol. The van der Waals surface area contributed by atoms with Crippen LogP contribution in [-0.2, 0) is 23.0 Å². The fraction of sp³-hybridized carbons (Fsp3) is 0.583. The number of sulfonamides is 1. The average Bonchev–Trinajstić information content (AvgIpc) is 3.05. The summed E-state index contributed by atoms with van der Waals surface area (Å²) < 4.78 is 29.0. The second-order valence-corrected chi connectivity index (χ2v) is 6.88. The Morgan fingerprint density at radius 2 is 2.19 bits per heavy atom. The number of hydrogen-bond donors (Lipinski definition) is 2. The first kappa shape index (κ1) is 14.2. The molecule has 3 rings (SSSR count). The van der Waals surface area contributed by atoms with E-state index in [-0.39, 0.29) is 5.03 Å². The van der Waals surface area contributed by atoms with Crippen LogP contribution in [0.1, 0.15) is 43.9 Å². The normalized spacial score (nSPS) is 17.2. The van der Waals surface area contributed by atoms with Gasteiger partial charge >= 0.3 is 0 Å². The highest BCUT2D eigenvalue weighted by atomic mass is 32.2. The predicted octanol–water partition coefficient (Wildman–Crippen LogP) is 0.767. The van der Waals surface area contributed by atoms with Crippen LogP contribution < -0.4 is 4.72 Å². The van der Waals surface area contributed by atoms with Crippen LogP contribution in [-0.4, -0.2) is 33.2 Å². The number of H-pyrrole nitrogens is 1. The van der Waals surface area contributed by atoms with E-state index in [1.54, 1.807) is 6.92 Å². The molecule has 2 aromatic heterocycles. The van der Waals surface area contributed by atoms with Crippen molar-refractivity contribution in [2.45, 2.75) is 50.2 Å². The molecule has 3 heterocycles. The summed E-state index contributed by atoms with van der Waals surface area (Å²) in [5.41, 5.74) is 0. The van der Waals surface area contributed by atoms with Gasteiger partial charge in [-0.05, 0) is 19.8 Å². The molecule has 2 N–H and O–H groups in total. The fourth-order valence-electron chi connectivity index (χ4n) is 2.57. The zero-order valence-corrected chi connectivity index (χ0v) is 12.6. The smallest absolute Gasteiger partial charge is 0.258 e. The third-order valence-corrected chi connectivity index (χ3v) is 5.09. The van der Waals surface area contributed by atoms with E-state index in [0.29, 0.717) is 5.82 Å². The minimum Gasteiger partial charge on any atom is -0.335 e. The maximum atomic E-state index is 12.2. The van der Waals surface area contributed by atoms with Crippen molar-refractivity contribution < 1.29 is 8.42 Å². The minimum atomic E-state index is -3.63. The number of fused-ring (bicyclic) bond motifs is 1. The van der Waals surface area contributed by atoms with Crippen molar-refractivity contribution in [1.82, 2.24) is 29.5 Å². The summed E-state index contributed by atoms with van der Waals surface area (Å²) in [6.07, 6.45) is 6.84. The van der Waals surface area contributed by atoms with Crippen molar-refractivity contribution in [3.05, 3.63) is 24.2 Å². The zero-order chi connectivity index (χ0) is 14.9. The summed E-state index contributed by atoms with van der Waals surface area (Å²) >= 11 is 0. The Labute approximate surface area is 123 Å². The Balaban J connectivity index is 1.83. The first-order valence-corrected chi connectivity index (χ1v) is 8.49. The molecule has 8 nitrogen and oxygen atoms in total. The van der Waals surface area contributed by atoms with Gasteiger partial charge < -0.3 is 9.55 Å². The molecule has 2 aromatic rings.